The predicted octanol–water partition coefficient (Wildman–Crippen LogP) is -0.848. The molecule has 162 valence electrons. The van der Waals surface area contributed by atoms with Crippen LogP contribution in [-0.4, -0.2) is 71.9 Å². The van der Waals surface area contributed by atoms with Gasteiger partial charge in [-0.3, -0.25) is 19.8 Å². The molecule has 10 heteroatoms. The number of urea groups is 1. The Kier molecular flexibility index (Phi) is 5.50. The van der Waals surface area contributed by atoms with Gasteiger partial charge in [-0.15, -0.1) is 0 Å². The maximum absolute atomic E-state index is 12.8. The second-order valence-corrected chi connectivity index (χ2v) is 8.57. The van der Waals surface area contributed by atoms with Crippen molar-refractivity contribution in [3.63, 3.8) is 0 Å². The summed E-state index contributed by atoms with van der Waals surface area (Å²) in [6, 6.07) is 2.74. The predicted molar refractivity (Wildman–Crippen MR) is 104 cm³/mol. The second-order valence-electron chi connectivity index (χ2n) is 8.57. The number of hydrogen-bond donors (Lipinski definition) is 3. The Morgan fingerprint density at radius 2 is 1.97 bits per heavy atom. The largest absolute Gasteiger partial charge is 0.459 e. The zero-order valence-electron chi connectivity index (χ0n) is 17.1. The van der Waals surface area contributed by atoms with Gasteiger partial charge in [-0.1, -0.05) is 6.92 Å². The first-order valence-electron chi connectivity index (χ1n) is 10.5. The molecule has 1 aromatic rings. The average molecular weight is 418 g/mol. The number of hydrazine groups is 1. The molecule has 0 atom stereocenters. The van der Waals surface area contributed by atoms with E-state index in [1.807, 2.05) is 0 Å². The number of nitrogens with one attached hydrogen (secondary N) is 3. The first-order chi connectivity index (χ1) is 14.4. The number of amides is 5. The van der Waals surface area contributed by atoms with E-state index in [1.165, 1.54) is 6.26 Å². The molecular formula is C20H28N5O5+. The number of carbonyl (C=O) groups is 4. The molecule has 0 bridgehead atoms. The fraction of sp³-hybridized carbons (Fsp3) is 0.600. The number of carbonyl (C=O) groups excluding carboxylic acids is 4. The molecule has 0 aromatic carbocycles. The lowest BCUT2D eigenvalue weighted by Gasteiger charge is -2.33. The van der Waals surface area contributed by atoms with Gasteiger partial charge in [0.05, 0.1) is 32.4 Å². The van der Waals surface area contributed by atoms with E-state index in [1.54, 1.807) is 17.0 Å². The fourth-order valence-corrected chi connectivity index (χ4v) is 4.47. The van der Waals surface area contributed by atoms with Crippen molar-refractivity contribution in [1.82, 2.24) is 20.7 Å². The van der Waals surface area contributed by atoms with Crippen molar-refractivity contribution in [3.8, 4) is 0 Å². The van der Waals surface area contributed by atoms with E-state index in [-0.39, 0.29) is 24.3 Å². The summed E-state index contributed by atoms with van der Waals surface area (Å²) in [5, 5.41) is 3.63. The monoisotopic (exact) mass is 418 g/mol. The van der Waals surface area contributed by atoms with Gasteiger partial charge in [0.1, 0.15) is 5.54 Å². The molecule has 1 spiro atoms. The van der Waals surface area contributed by atoms with Gasteiger partial charge in [0.2, 0.25) is 0 Å². The molecule has 1 aliphatic carbocycles. The molecular weight excluding hydrogens is 390 g/mol. The van der Waals surface area contributed by atoms with Crippen molar-refractivity contribution in [2.24, 2.45) is 5.92 Å². The van der Waals surface area contributed by atoms with Crippen LogP contribution in [0.4, 0.5) is 4.79 Å². The van der Waals surface area contributed by atoms with Crippen LogP contribution in [0.3, 0.4) is 0 Å². The summed E-state index contributed by atoms with van der Waals surface area (Å²) in [6.07, 6.45) is 4.41. The van der Waals surface area contributed by atoms with Crippen LogP contribution in [-0.2, 0) is 9.59 Å². The van der Waals surface area contributed by atoms with E-state index in [2.05, 4.69) is 17.7 Å². The highest BCUT2D eigenvalue weighted by molar-refractivity contribution is 6.08. The Balaban J connectivity index is 1.27. The number of furan rings is 1. The van der Waals surface area contributed by atoms with Crippen molar-refractivity contribution >= 4 is 23.8 Å². The smallest absolute Gasteiger partial charge is 0.344 e. The van der Waals surface area contributed by atoms with Gasteiger partial charge in [0.15, 0.2) is 12.3 Å². The molecule has 5 amide bonds. The number of nitrogens with zero attached hydrogens (tertiary/aromatic N) is 2. The van der Waals surface area contributed by atoms with Crippen LogP contribution in [0.5, 0.6) is 0 Å². The molecule has 4 rings (SSSR count). The molecule has 3 N–H and O–H groups in total. The maximum Gasteiger partial charge on any atom is 0.344 e. The standard InChI is InChI=1S/C20H27N5O5/c1-14-4-6-20(7-5-14)18(28)25(19(29)21-20)22-16(26)13-23-8-10-24(11-9-23)17(27)15-3-2-12-30-15/h2-3,12,14H,4-11,13H2,1H3,(H,21,29)(H,22,26)/p+1. The Morgan fingerprint density at radius 3 is 2.60 bits per heavy atom. The third-order valence-electron chi connectivity index (χ3n) is 6.43. The van der Waals surface area contributed by atoms with Gasteiger partial charge < -0.3 is 19.5 Å². The van der Waals surface area contributed by atoms with E-state index in [0.29, 0.717) is 50.7 Å². The maximum atomic E-state index is 12.8. The summed E-state index contributed by atoms with van der Waals surface area (Å²) in [6.45, 7) is 4.48. The molecule has 3 aliphatic rings. The minimum Gasteiger partial charge on any atom is -0.459 e. The van der Waals surface area contributed by atoms with Crippen LogP contribution in [0.25, 0.3) is 0 Å². The van der Waals surface area contributed by atoms with E-state index in [4.69, 9.17) is 4.42 Å². The summed E-state index contributed by atoms with van der Waals surface area (Å²) >= 11 is 0. The van der Waals surface area contributed by atoms with Crippen LogP contribution in [0, 0.1) is 5.92 Å². The molecule has 1 saturated carbocycles. The third-order valence-corrected chi connectivity index (χ3v) is 6.43. The minimum absolute atomic E-state index is 0.129. The Hall–Kier alpha value is -2.88. The van der Waals surface area contributed by atoms with E-state index < -0.39 is 11.6 Å². The lowest BCUT2D eigenvalue weighted by atomic mass is 9.77. The molecule has 3 fully saturated rings. The van der Waals surface area contributed by atoms with Crippen LogP contribution < -0.4 is 15.6 Å². The summed E-state index contributed by atoms with van der Waals surface area (Å²) < 4.78 is 5.15. The van der Waals surface area contributed by atoms with E-state index in [0.717, 1.165) is 22.8 Å². The molecule has 1 aromatic heterocycles. The van der Waals surface area contributed by atoms with Gasteiger partial charge in [-0.25, -0.2) is 4.79 Å². The molecule has 3 heterocycles. The van der Waals surface area contributed by atoms with Crippen LogP contribution in [0.15, 0.2) is 22.8 Å². The summed E-state index contributed by atoms with van der Waals surface area (Å²) in [4.78, 5) is 52.6. The van der Waals surface area contributed by atoms with Crippen LogP contribution >= 0.6 is 0 Å². The summed E-state index contributed by atoms with van der Waals surface area (Å²) in [5.41, 5.74) is 1.61. The highest BCUT2D eigenvalue weighted by atomic mass is 16.3. The average Bonchev–Trinajstić information content (AvgIpc) is 3.34. The summed E-state index contributed by atoms with van der Waals surface area (Å²) in [5.74, 6) is -0.0706. The number of piperazine rings is 1. The van der Waals surface area contributed by atoms with E-state index >= 15 is 0 Å². The zero-order chi connectivity index (χ0) is 21.3. The van der Waals surface area contributed by atoms with Crippen molar-refractivity contribution in [2.75, 3.05) is 32.7 Å². The molecule has 0 radical (unpaired) electrons. The Bertz CT molecular complexity index is 823. The van der Waals surface area contributed by atoms with Gasteiger partial charge in [0.25, 0.3) is 17.7 Å². The van der Waals surface area contributed by atoms with Crippen molar-refractivity contribution in [2.45, 2.75) is 38.1 Å². The van der Waals surface area contributed by atoms with E-state index in [9.17, 15) is 19.2 Å². The molecule has 0 unspecified atom stereocenters. The molecule has 10 nitrogen and oxygen atoms in total. The normalized spacial score (nSPS) is 27.4. The number of hydrogen-bond acceptors (Lipinski definition) is 5. The van der Waals surface area contributed by atoms with Crippen molar-refractivity contribution < 1.29 is 28.5 Å². The van der Waals surface area contributed by atoms with Crippen LogP contribution in [0.1, 0.15) is 43.2 Å². The Labute approximate surface area is 174 Å². The lowest BCUT2D eigenvalue weighted by Crippen LogP contribution is -3.16. The van der Waals surface area contributed by atoms with Gasteiger partial charge in [0, 0.05) is 0 Å². The van der Waals surface area contributed by atoms with Gasteiger partial charge >= 0.3 is 6.03 Å². The molecule has 2 saturated heterocycles. The summed E-state index contributed by atoms with van der Waals surface area (Å²) in [7, 11) is 0. The van der Waals surface area contributed by atoms with Crippen molar-refractivity contribution in [3.05, 3.63) is 24.2 Å². The number of rotatable bonds is 4. The first-order valence-corrected chi connectivity index (χ1v) is 10.5. The van der Waals surface area contributed by atoms with Gasteiger partial charge in [-0.2, -0.15) is 5.01 Å². The number of quaternary nitrogens is 1. The molecule has 2 aliphatic heterocycles. The topological polar surface area (TPSA) is 116 Å². The highest BCUT2D eigenvalue weighted by Crippen LogP contribution is 2.35. The van der Waals surface area contributed by atoms with Gasteiger partial charge in [-0.05, 0) is 43.7 Å². The fourth-order valence-electron chi connectivity index (χ4n) is 4.47. The Morgan fingerprint density at radius 1 is 1.27 bits per heavy atom. The number of imide groups is 1. The first kappa shape index (κ1) is 20.4. The zero-order valence-corrected chi connectivity index (χ0v) is 17.1. The third kappa shape index (κ3) is 3.91. The van der Waals surface area contributed by atoms with Crippen LogP contribution in [0.2, 0.25) is 0 Å². The quantitative estimate of drug-likeness (QED) is 0.551. The second kappa shape index (κ2) is 8.10. The SMILES string of the molecule is CC1CCC2(CC1)NC(=O)N(NC(=O)C[NH+]1CCN(C(=O)c3ccco3)CC1)C2=O. The minimum atomic E-state index is -0.873. The van der Waals surface area contributed by atoms with Crippen molar-refractivity contribution in [1.29, 1.82) is 0 Å². The molecule has 30 heavy (non-hydrogen) atoms. The highest BCUT2D eigenvalue weighted by Gasteiger charge is 2.53. The lowest BCUT2D eigenvalue weighted by molar-refractivity contribution is -0.896.